The van der Waals surface area contributed by atoms with Gasteiger partial charge in [-0.15, -0.1) is 0 Å². The molecule has 0 atom stereocenters. The highest BCUT2D eigenvalue weighted by atomic mass is 16.4. The van der Waals surface area contributed by atoms with Crippen molar-refractivity contribution in [1.82, 2.24) is 0 Å². The molecular weight excluding hydrogens is 188 g/mol. The molecular formula is C13H16O2. The zero-order valence-corrected chi connectivity index (χ0v) is 8.99. The second-order valence-corrected chi connectivity index (χ2v) is 4.41. The smallest absolute Gasteiger partial charge is 0.314 e. The first-order chi connectivity index (χ1) is 7.17. The summed E-state index contributed by atoms with van der Waals surface area (Å²) in [5, 5.41) is 9.44. The van der Waals surface area contributed by atoms with E-state index >= 15 is 0 Å². The summed E-state index contributed by atoms with van der Waals surface area (Å²) in [6.45, 7) is 2.00. The van der Waals surface area contributed by atoms with E-state index in [9.17, 15) is 9.90 Å². The van der Waals surface area contributed by atoms with E-state index in [0.717, 1.165) is 36.8 Å². The first-order valence-electron chi connectivity index (χ1n) is 5.46. The summed E-state index contributed by atoms with van der Waals surface area (Å²) in [5.41, 5.74) is 1.50. The van der Waals surface area contributed by atoms with Crippen molar-refractivity contribution in [1.29, 1.82) is 0 Å². The fourth-order valence-corrected chi connectivity index (χ4v) is 2.69. The highest BCUT2D eigenvalue weighted by molar-refractivity contribution is 5.82. The Kier molecular flexibility index (Phi) is 2.51. The van der Waals surface area contributed by atoms with Crippen LogP contribution in [0.15, 0.2) is 24.3 Å². The van der Waals surface area contributed by atoms with Gasteiger partial charge in [-0.25, -0.2) is 0 Å². The highest BCUT2D eigenvalue weighted by Gasteiger charge is 2.43. The molecule has 0 aliphatic heterocycles. The number of carboxylic acids is 1. The third-order valence-corrected chi connectivity index (χ3v) is 3.53. The average Bonchev–Trinajstić information content (AvgIpc) is 2.68. The molecule has 1 fully saturated rings. The lowest BCUT2D eigenvalue weighted by molar-refractivity contribution is -0.143. The maximum atomic E-state index is 11.5. The van der Waals surface area contributed by atoms with Crippen LogP contribution >= 0.6 is 0 Å². The molecule has 80 valence electrons. The third-order valence-electron chi connectivity index (χ3n) is 3.53. The van der Waals surface area contributed by atoms with Gasteiger partial charge in [0, 0.05) is 0 Å². The van der Waals surface area contributed by atoms with E-state index in [0.29, 0.717) is 0 Å². The molecule has 1 aliphatic rings. The molecule has 1 aromatic rings. The van der Waals surface area contributed by atoms with Crippen molar-refractivity contribution in [2.24, 2.45) is 0 Å². The molecule has 0 saturated heterocycles. The predicted octanol–water partition coefficient (Wildman–Crippen LogP) is 2.89. The van der Waals surface area contributed by atoms with Gasteiger partial charge in [-0.3, -0.25) is 4.79 Å². The van der Waals surface area contributed by atoms with Gasteiger partial charge in [-0.05, 0) is 30.9 Å². The quantitative estimate of drug-likeness (QED) is 0.804. The second-order valence-electron chi connectivity index (χ2n) is 4.41. The Morgan fingerprint density at radius 1 is 1.27 bits per heavy atom. The number of hydrogen-bond donors (Lipinski definition) is 1. The monoisotopic (exact) mass is 204 g/mol. The van der Waals surface area contributed by atoms with Gasteiger partial charge >= 0.3 is 5.97 Å². The van der Waals surface area contributed by atoms with E-state index in [1.54, 1.807) is 0 Å². The van der Waals surface area contributed by atoms with E-state index in [1.807, 2.05) is 31.2 Å². The normalized spacial score (nSPS) is 19.0. The van der Waals surface area contributed by atoms with Crippen LogP contribution in [0.1, 0.15) is 36.8 Å². The Bertz CT molecular complexity index is 376. The van der Waals surface area contributed by atoms with Gasteiger partial charge in [0.2, 0.25) is 0 Å². The minimum Gasteiger partial charge on any atom is -0.481 e. The van der Waals surface area contributed by atoms with Crippen LogP contribution in [0.5, 0.6) is 0 Å². The number of aliphatic carboxylic acids is 1. The van der Waals surface area contributed by atoms with E-state index in [-0.39, 0.29) is 0 Å². The standard InChI is InChI=1S/C13H16O2/c1-10-6-2-3-7-11(10)13(12(14)15)8-4-5-9-13/h2-3,6-7H,4-5,8-9H2,1H3,(H,14,15). The lowest BCUT2D eigenvalue weighted by Gasteiger charge is -2.26. The minimum atomic E-state index is -0.658. The summed E-state index contributed by atoms with van der Waals surface area (Å²) < 4.78 is 0. The molecule has 15 heavy (non-hydrogen) atoms. The van der Waals surface area contributed by atoms with Gasteiger partial charge in [0.15, 0.2) is 0 Å². The number of aryl methyl sites for hydroxylation is 1. The molecule has 1 aromatic carbocycles. The Hall–Kier alpha value is -1.31. The van der Waals surface area contributed by atoms with Crippen molar-refractivity contribution in [3.63, 3.8) is 0 Å². The minimum absolute atomic E-state index is 0.606. The summed E-state index contributed by atoms with van der Waals surface area (Å²) in [6.07, 6.45) is 3.63. The summed E-state index contributed by atoms with van der Waals surface area (Å²) in [6, 6.07) is 7.86. The van der Waals surface area contributed by atoms with Crippen molar-refractivity contribution in [2.45, 2.75) is 38.0 Å². The molecule has 0 spiro atoms. The Labute approximate surface area is 89.9 Å². The highest BCUT2D eigenvalue weighted by Crippen LogP contribution is 2.42. The van der Waals surface area contributed by atoms with Crippen LogP contribution in [0, 0.1) is 6.92 Å². The van der Waals surface area contributed by atoms with Gasteiger partial charge in [0.25, 0.3) is 0 Å². The molecule has 2 rings (SSSR count). The third kappa shape index (κ3) is 1.54. The molecule has 0 heterocycles. The SMILES string of the molecule is Cc1ccccc1C1(C(=O)O)CCCC1. The zero-order chi connectivity index (χ0) is 10.9. The summed E-state index contributed by atoms with van der Waals surface area (Å²) in [4.78, 5) is 11.5. The zero-order valence-electron chi connectivity index (χ0n) is 8.99. The maximum Gasteiger partial charge on any atom is 0.314 e. The van der Waals surface area contributed by atoms with E-state index in [4.69, 9.17) is 0 Å². The van der Waals surface area contributed by atoms with Gasteiger partial charge in [-0.2, -0.15) is 0 Å². The van der Waals surface area contributed by atoms with Crippen molar-refractivity contribution in [2.75, 3.05) is 0 Å². The molecule has 0 amide bonds. The molecule has 1 N–H and O–H groups in total. The van der Waals surface area contributed by atoms with Crippen molar-refractivity contribution in [3.8, 4) is 0 Å². The molecule has 0 bridgehead atoms. The lowest BCUT2D eigenvalue weighted by Crippen LogP contribution is -2.33. The van der Waals surface area contributed by atoms with Crippen LogP contribution in [0.25, 0.3) is 0 Å². The van der Waals surface area contributed by atoms with Gasteiger partial charge < -0.3 is 5.11 Å². The summed E-state index contributed by atoms with van der Waals surface area (Å²) >= 11 is 0. The van der Waals surface area contributed by atoms with Gasteiger partial charge in [-0.1, -0.05) is 37.1 Å². The van der Waals surface area contributed by atoms with Crippen LogP contribution in [0.2, 0.25) is 0 Å². The molecule has 2 nitrogen and oxygen atoms in total. The molecule has 1 aliphatic carbocycles. The largest absolute Gasteiger partial charge is 0.481 e. The van der Waals surface area contributed by atoms with Crippen molar-refractivity contribution >= 4 is 5.97 Å². The van der Waals surface area contributed by atoms with Crippen molar-refractivity contribution in [3.05, 3.63) is 35.4 Å². The van der Waals surface area contributed by atoms with E-state index in [2.05, 4.69) is 0 Å². The lowest BCUT2D eigenvalue weighted by atomic mass is 9.77. The van der Waals surface area contributed by atoms with Crippen LogP contribution in [-0.2, 0) is 10.2 Å². The van der Waals surface area contributed by atoms with Crippen LogP contribution in [0.4, 0.5) is 0 Å². The maximum absolute atomic E-state index is 11.5. The molecule has 0 unspecified atom stereocenters. The van der Waals surface area contributed by atoms with E-state index in [1.165, 1.54) is 0 Å². The molecule has 0 aromatic heterocycles. The number of hydrogen-bond acceptors (Lipinski definition) is 1. The Morgan fingerprint density at radius 2 is 1.87 bits per heavy atom. The fourth-order valence-electron chi connectivity index (χ4n) is 2.69. The van der Waals surface area contributed by atoms with Gasteiger partial charge in [0.05, 0.1) is 5.41 Å². The number of rotatable bonds is 2. The first-order valence-corrected chi connectivity index (χ1v) is 5.46. The number of benzene rings is 1. The number of carbonyl (C=O) groups is 1. The summed E-state index contributed by atoms with van der Waals surface area (Å²) in [7, 11) is 0. The van der Waals surface area contributed by atoms with Crippen LogP contribution in [0.3, 0.4) is 0 Å². The molecule has 0 radical (unpaired) electrons. The number of carboxylic acid groups (broad SMARTS) is 1. The van der Waals surface area contributed by atoms with E-state index < -0.39 is 11.4 Å². The van der Waals surface area contributed by atoms with Crippen molar-refractivity contribution < 1.29 is 9.90 Å². The average molecular weight is 204 g/mol. The Balaban J connectivity index is 2.50. The Morgan fingerprint density at radius 3 is 2.40 bits per heavy atom. The second kappa shape index (κ2) is 3.69. The van der Waals surface area contributed by atoms with Crippen LogP contribution in [-0.4, -0.2) is 11.1 Å². The predicted molar refractivity (Wildman–Crippen MR) is 59.0 cm³/mol. The molecule has 2 heteroatoms. The fraction of sp³-hybridized carbons (Fsp3) is 0.462. The molecule has 1 saturated carbocycles. The topological polar surface area (TPSA) is 37.3 Å². The first kappa shape index (κ1) is 10.2. The summed E-state index contributed by atoms with van der Waals surface area (Å²) in [5.74, 6) is -0.658. The van der Waals surface area contributed by atoms with Crippen LogP contribution < -0.4 is 0 Å². The van der Waals surface area contributed by atoms with Gasteiger partial charge in [0.1, 0.15) is 0 Å².